The van der Waals surface area contributed by atoms with Crippen LogP contribution in [0, 0.1) is 6.92 Å². The molecule has 1 aliphatic heterocycles. The van der Waals surface area contributed by atoms with Gasteiger partial charge in [-0.05, 0) is 26.3 Å². The van der Waals surface area contributed by atoms with E-state index >= 15 is 0 Å². The summed E-state index contributed by atoms with van der Waals surface area (Å²) in [6.45, 7) is 2.91. The monoisotopic (exact) mass is 247 g/mol. The Morgan fingerprint density at radius 3 is 3.07 bits per heavy atom. The average molecular weight is 248 g/mol. The van der Waals surface area contributed by atoms with Crippen LogP contribution in [0.25, 0.3) is 0 Å². The summed E-state index contributed by atoms with van der Waals surface area (Å²) in [6, 6.07) is -0.0285. The van der Waals surface area contributed by atoms with Crippen molar-refractivity contribution in [3.8, 4) is 0 Å². The first-order valence-electron chi connectivity index (χ1n) is 4.72. The normalized spacial score (nSPS) is 19.7. The Balaban J connectivity index is 0.00000112. The quantitative estimate of drug-likeness (QED) is 0.834. The lowest BCUT2D eigenvalue weighted by atomic mass is 10.2. The van der Waals surface area contributed by atoms with Gasteiger partial charge in [0.1, 0.15) is 0 Å². The number of nitrogens with zero attached hydrogens (tertiary/aromatic N) is 1. The SMILES string of the molecule is Cc1cnc(NC(=O)[C@@H]2CCCN2)s1.Cl. The third kappa shape index (κ3) is 3.15. The van der Waals surface area contributed by atoms with Gasteiger partial charge in [-0.2, -0.15) is 0 Å². The number of rotatable bonds is 2. The molecule has 1 saturated heterocycles. The van der Waals surface area contributed by atoms with Crippen LogP contribution in [0.5, 0.6) is 0 Å². The first-order chi connectivity index (χ1) is 6.75. The maximum absolute atomic E-state index is 11.6. The van der Waals surface area contributed by atoms with Crippen LogP contribution in [0.3, 0.4) is 0 Å². The Kier molecular flexibility index (Phi) is 4.50. The lowest BCUT2D eigenvalue weighted by molar-refractivity contribution is -0.117. The maximum Gasteiger partial charge on any atom is 0.243 e. The van der Waals surface area contributed by atoms with Crippen molar-refractivity contribution in [1.82, 2.24) is 10.3 Å². The molecule has 6 heteroatoms. The molecule has 2 rings (SSSR count). The molecular weight excluding hydrogens is 234 g/mol. The number of hydrogen-bond donors (Lipinski definition) is 2. The van der Waals surface area contributed by atoms with Crippen LogP contribution in [0.15, 0.2) is 6.20 Å². The van der Waals surface area contributed by atoms with Gasteiger partial charge >= 0.3 is 0 Å². The van der Waals surface area contributed by atoms with E-state index in [1.807, 2.05) is 6.92 Å². The van der Waals surface area contributed by atoms with Gasteiger partial charge in [-0.15, -0.1) is 23.7 Å². The molecule has 1 aromatic rings. The summed E-state index contributed by atoms with van der Waals surface area (Å²) in [6.07, 6.45) is 3.77. The molecule has 1 aliphatic rings. The molecule has 0 spiro atoms. The van der Waals surface area contributed by atoms with Crippen LogP contribution < -0.4 is 10.6 Å². The van der Waals surface area contributed by atoms with Crippen molar-refractivity contribution >= 4 is 34.8 Å². The smallest absolute Gasteiger partial charge is 0.243 e. The number of aromatic nitrogens is 1. The van der Waals surface area contributed by atoms with Crippen LogP contribution in [-0.4, -0.2) is 23.5 Å². The Hall–Kier alpha value is -0.650. The van der Waals surface area contributed by atoms with Crippen molar-refractivity contribution in [3.63, 3.8) is 0 Å². The third-order valence-corrected chi connectivity index (χ3v) is 3.06. The number of halogens is 1. The first kappa shape index (κ1) is 12.4. The van der Waals surface area contributed by atoms with Crippen LogP contribution in [0.1, 0.15) is 17.7 Å². The Labute approximate surface area is 98.9 Å². The lowest BCUT2D eigenvalue weighted by Crippen LogP contribution is -2.35. The summed E-state index contributed by atoms with van der Waals surface area (Å²) < 4.78 is 0. The molecule has 0 aromatic carbocycles. The predicted molar refractivity (Wildman–Crippen MR) is 63.8 cm³/mol. The number of thiazole rings is 1. The molecule has 0 radical (unpaired) electrons. The van der Waals surface area contributed by atoms with Gasteiger partial charge in [-0.25, -0.2) is 4.98 Å². The van der Waals surface area contributed by atoms with Gasteiger partial charge in [0, 0.05) is 11.1 Å². The number of anilines is 1. The first-order valence-corrected chi connectivity index (χ1v) is 5.54. The minimum atomic E-state index is -0.0285. The topological polar surface area (TPSA) is 54.0 Å². The summed E-state index contributed by atoms with van der Waals surface area (Å²) in [5.41, 5.74) is 0. The highest BCUT2D eigenvalue weighted by atomic mass is 35.5. The summed E-state index contributed by atoms with van der Waals surface area (Å²) >= 11 is 1.50. The van der Waals surface area contributed by atoms with Crippen LogP contribution in [-0.2, 0) is 4.79 Å². The molecule has 4 nitrogen and oxygen atoms in total. The van der Waals surface area contributed by atoms with Gasteiger partial charge in [0.15, 0.2) is 5.13 Å². The van der Waals surface area contributed by atoms with E-state index in [4.69, 9.17) is 0 Å². The number of aryl methyl sites for hydroxylation is 1. The average Bonchev–Trinajstić information content (AvgIpc) is 2.75. The second kappa shape index (κ2) is 5.44. The van der Waals surface area contributed by atoms with Crippen molar-refractivity contribution in [1.29, 1.82) is 0 Å². The van der Waals surface area contributed by atoms with Gasteiger partial charge < -0.3 is 10.6 Å². The number of nitrogens with one attached hydrogen (secondary N) is 2. The standard InChI is InChI=1S/C9H13N3OS.ClH/c1-6-5-11-9(14-6)12-8(13)7-3-2-4-10-7;/h5,7,10H,2-4H2,1H3,(H,11,12,13);1H/t7-;/m0./s1. The molecule has 2 N–H and O–H groups in total. The summed E-state index contributed by atoms with van der Waals surface area (Å²) in [4.78, 5) is 16.8. The summed E-state index contributed by atoms with van der Waals surface area (Å²) in [7, 11) is 0. The largest absolute Gasteiger partial charge is 0.306 e. The van der Waals surface area contributed by atoms with E-state index in [2.05, 4.69) is 15.6 Å². The second-order valence-corrected chi connectivity index (χ2v) is 4.65. The third-order valence-electron chi connectivity index (χ3n) is 2.23. The Morgan fingerprint density at radius 1 is 1.73 bits per heavy atom. The second-order valence-electron chi connectivity index (χ2n) is 3.41. The van der Waals surface area contributed by atoms with Gasteiger partial charge in [-0.1, -0.05) is 0 Å². The molecule has 84 valence electrons. The van der Waals surface area contributed by atoms with E-state index in [1.165, 1.54) is 11.3 Å². The predicted octanol–water partition coefficient (Wildman–Crippen LogP) is 1.56. The van der Waals surface area contributed by atoms with Gasteiger partial charge in [0.2, 0.25) is 5.91 Å². The van der Waals surface area contributed by atoms with E-state index in [-0.39, 0.29) is 24.4 Å². The zero-order valence-electron chi connectivity index (χ0n) is 8.45. The molecule has 1 fully saturated rings. The lowest BCUT2D eigenvalue weighted by Gasteiger charge is -2.08. The highest BCUT2D eigenvalue weighted by Gasteiger charge is 2.22. The van der Waals surface area contributed by atoms with Crippen molar-refractivity contribution in [2.24, 2.45) is 0 Å². The molecule has 15 heavy (non-hydrogen) atoms. The Bertz CT molecular complexity index is 336. The zero-order valence-corrected chi connectivity index (χ0v) is 10.1. The molecule has 0 saturated carbocycles. The number of amides is 1. The number of carbonyl (C=O) groups excluding carboxylic acids is 1. The summed E-state index contributed by atoms with van der Waals surface area (Å²) in [5, 5.41) is 6.65. The molecular formula is C9H14ClN3OS. The van der Waals surface area contributed by atoms with Crippen LogP contribution >= 0.6 is 23.7 Å². The van der Waals surface area contributed by atoms with E-state index < -0.39 is 0 Å². The van der Waals surface area contributed by atoms with Crippen molar-refractivity contribution < 1.29 is 4.79 Å². The minimum absolute atomic E-state index is 0. The van der Waals surface area contributed by atoms with E-state index in [0.29, 0.717) is 5.13 Å². The fourth-order valence-corrected chi connectivity index (χ4v) is 2.18. The summed E-state index contributed by atoms with van der Waals surface area (Å²) in [5.74, 6) is 0.0388. The van der Waals surface area contributed by atoms with Crippen molar-refractivity contribution in [2.75, 3.05) is 11.9 Å². The van der Waals surface area contributed by atoms with Gasteiger partial charge in [-0.3, -0.25) is 4.79 Å². The van der Waals surface area contributed by atoms with Crippen molar-refractivity contribution in [3.05, 3.63) is 11.1 Å². The highest BCUT2D eigenvalue weighted by molar-refractivity contribution is 7.15. The molecule has 0 aliphatic carbocycles. The van der Waals surface area contributed by atoms with Crippen molar-refractivity contribution in [2.45, 2.75) is 25.8 Å². The van der Waals surface area contributed by atoms with Gasteiger partial charge in [0.25, 0.3) is 0 Å². The van der Waals surface area contributed by atoms with E-state index in [0.717, 1.165) is 24.3 Å². The molecule has 0 unspecified atom stereocenters. The van der Waals surface area contributed by atoms with Gasteiger partial charge in [0.05, 0.1) is 6.04 Å². The zero-order chi connectivity index (χ0) is 9.97. The fourth-order valence-electron chi connectivity index (χ4n) is 1.51. The van der Waals surface area contributed by atoms with E-state index in [9.17, 15) is 4.79 Å². The molecule has 1 aromatic heterocycles. The molecule has 0 bridgehead atoms. The van der Waals surface area contributed by atoms with E-state index in [1.54, 1.807) is 6.20 Å². The highest BCUT2D eigenvalue weighted by Crippen LogP contribution is 2.17. The Morgan fingerprint density at radius 2 is 2.53 bits per heavy atom. The van der Waals surface area contributed by atoms with Crippen LogP contribution in [0.4, 0.5) is 5.13 Å². The number of hydrogen-bond acceptors (Lipinski definition) is 4. The fraction of sp³-hybridized carbons (Fsp3) is 0.556. The molecule has 1 atom stereocenters. The van der Waals surface area contributed by atoms with Crippen LogP contribution in [0.2, 0.25) is 0 Å². The molecule has 1 amide bonds. The number of carbonyl (C=O) groups is 1. The minimum Gasteiger partial charge on any atom is -0.306 e. The maximum atomic E-state index is 11.6. The molecule has 2 heterocycles.